The van der Waals surface area contributed by atoms with Gasteiger partial charge in [0.25, 0.3) is 0 Å². The first-order valence-electron chi connectivity index (χ1n) is 13.8. The van der Waals surface area contributed by atoms with E-state index in [1.165, 1.54) is 81.8 Å². The van der Waals surface area contributed by atoms with Crippen LogP contribution < -0.4 is 5.32 Å². The summed E-state index contributed by atoms with van der Waals surface area (Å²) in [6.45, 7) is 2.31. The van der Waals surface area contributed by atoms with Crippen molar-refractivity contribution in [2.24, 2.45) is 5.92 Å². The zero-order valence-corrected chi connectivity index (χ0v) is 20.9. The summed E-state index contributed by atoms with van der Waals surface area (Å²) in [4.78, 5) is 19.5. The van der Waals surface area contributed by atoms with Gasteiger partial charge in [0, 0.05) is 19.3 Å². The maximum atomic E-state index is 12.8. The predicted octanol–water partition coefficient (Wildman–Crippen LogP) is 6.44. The molecule has 1 aromatic heterocycles. The number of pyridine rings is 1. The van der Waals surface area contributed by atoms with E-state index in [0.717, 1.165) is 37.5 Å². The maximum Gasteiger partial charge on any atom is 0.237 e. The molecule has 2 aliphatic rings. The lowest BCUT2D eigenvalue weighted by molar-refractivity contribution is -0.125. The maximum absolute atomic E-state index is 12.8. The Morgan fingerprint density at radius 2 is 1.68 bits per heavy atom. The minimum absolute atomic E-state index is 0.0422. The summed E-state index contributed by atoms with van der Waals surface area (Å²) in [5.41, 5.74) is 3.63. The molecule has 2 heterocycles. The van der Waals surface area contributed by atoms with Gasteiger partial charge in [0.05, 0.1) is 11.7 Å². The minimum atomic E-state index is -0.0422. The highest BCUT2D eigenvalue weighted by Gasteiger charge is 2.30. The molecule has 0 unspecified atom stereocenters. The number of nitrogens with one attached hydrogen (secondary N) is 1. The number of hydrogen-bond donors (Lipinski definition) is 1. The van der Waals surface area contributed by atoms with E-state index in [1.54, 1.807) is 0 Å². The molecule has 0 spiro atoms. The van der Waals surface area contributed by atoms with Crippen LogP contribution in [0.1, 0.15) is 93.9 Å². The van der Waals surface area contributed by atoms with Gasteiger partial charge in [-0.05, 0) is 61.4 Å². The van der Waals surface area contributed by atoms with Crippen molar-refractivity contribution in [1.29, 1.82) is 0 Å². The molecule has 0 radical (unpaired) electrons. The Kier molecular flexibility index (Phi) is 9.98. The van der Waals surface area contributed by atoms with E-state index >= 15 is 0 Å². The lowest BCUT2D eigenvalue weighted by Gasteiger charge is -2.23. The van der Waals surface area contributed by atoms with Gasteiger partial charge < -0.3 is 5.32 Å². The van der Waals surface area contributed by atoms with Gasteiger partial charge in [-0.3, -0.25) is 14.7 Å². The normalized spacial score (nSPS) is 19.4. The van der Waals surface area contributed by atoms with E-state index in [9.17, 15) is 4.79 Å². The Balaban J connectivity index is 1.11. The zero-order valence-electron chi connectivity index (χ0n) is 20.9. The number of carbonyl (C=O) groups is 1. The topological polar surface area (TPSA) is 45.2 Å². The van der Waals surface area contributed by atoms with Crippen molar-refractivity contribution < 1.29 is 4.79 Å². The molecule has 2 aromatic rings. The average Bonchev–Trinajstić information content (AvgIpc) is 3.35. The summed E-state index contributed by atoms with van der Waals surface area (Å²) in [7, 11) is 0. The van der Waals surface area contributed by atoms with Gasteiger partial charge in [0.15, 0.2) is 0 Å². The number of nitrogens with zero attached hydrogens (tertiary/aromatic N) is 2. The fourth-order valence-corrected chi connectivity index (χ4v) is 5.73. The van der Waals surface area contributed by atoms with Crippen LogP contribution in [0.2, 0.25) is 0 Å². The SMILES string of the molecule is O=C(NCc1ccc(CCCCCCC2CCCCC2)cc1)[C@@H]1CCCN1Cc1ccccn1. The molecule has 0 bridgehead atoms. The van der Waals surface area contributed by atoms with E-state index in [2.05, 4.69) is 39.5 Å². The molecule has 184 valence electrons. The summed E-state index contributed by atoms with van der Waals surface area (Å²) >= 11 is 0. The Hall–Kier alpha value is -2.20. The zero-order chi connectivity index (χ0) is 23.4. The molecular weight excluding hydrogens is 418 g/mol. The number of likely N-dealkylation sites (tertiary alicyclic amines) is 1. The summed E-state index contributed by atoms with van der Waals surface area (Å²) in [6.07, 6.45) is 19.3. The van der Waals surface area contributed by atoms with Crippen molar-refractivity contribution in [2.75, 3.05) is 6.54 Å². The van der Waals surface area contributed by atoms with E-state index in [4.69, 9.17) is 0 Å². The Bertz CT molecular complexity index is 845. The van der Waals surface area contributed by atoms with Crippen LogP contribution in [0.15, 0.2) is 48.7 Å². The second-order valence-corrected chi connectivity index (χ2v) is 10.4. The number of unbranched alkanes of at least 4 members (excludes halogenated alkanes) is 3. The molecule has 1 aliphatic carbocycles. The third-order valence-electron chi connectivity index (χ3n) is 7.80. The van der Waals surface area contributed by atoms with E-state index < -0.39 is 0 Å². The highest BCUT2D eigenvalue weighted by atomic mass is 16.2. The van der Waals surface area contributed by atoms with Crippen molar-refractivity contribution in [1.82, 2.24) is 15.2 Å². The molecule has 4 heteroatoms. The molecule has 34 heavy (non-hydrogen) atoms. The fraction of sp³-hybridized carbons (Fsp3) is 0.600. The van der Waals surface area contributed by atoms with Crippen LogP contribution in [0.4, 0.5) is 0 Å². The third kappa shape index (κ3) is 7.94. The standard InChI is InChI=1S/C30H43N3O/c34-30(29-16-10-22-33(29)24-28-15-8-9-21-31-28)32-23-27-19-17-26(18-20-27)14-5-2-1-4-11-25-12-6-3-7-13-25/h8-9,15,17-21,25,29H,1-7,10-14,16,22-24H2,(H,32,34)/t29-/m0/s1. The number of benzene rings is 1. The molecule has 1 saturated carbocycles. The third-order valence-corrected chi connectivity index (χ3v) is 7.80. The van der Waals surface area contributed by atoms with Crippen LogP contribution in [-0.2, 0) is 24.3 Å². The Morgan fingerprint density at radius 1 is 0.882 bits per heavy atom. The average molecular weight is 462 g/mol. The van der Waals surface area contributed by atoms with E-state index in [-0.39, 0.29) is 11.9 Å². The summed E-state index contributed by atoms with van der Waals surface area (Å²) < 4.78 is 0. The molecule has 1 saturated heterocycles. The lowest BCUT2D eigenvalue weighted by Crippen LogP contribution is -2.42. The first-order valence-corrected chi connectivity index (χ1v) is 13.8. The fourth-order valence-electron chi connectivity index (χ4n) is 5.73. The van der Waals surface area contributed by atoms with Crippen LogP contribution >= 0.6 is 0 Å². The molecule has 2 fully saturated rings. The van der Waals surface area contributed by atoms with Crippen molar-refractivity contribution in [2.45, 2.75) is 103 Å². The van der Waals surface area contributed by atoms with Crippen molar-refractivity contribution in [3.05, 3.63) is 65.5 Å². The molecule has 1 amide bonds. The highest BCUT2D eigenvalue weighted by Crippen LogP contribution is 2.28. The second-order valence-electron chi connectivity index (χ2n) is 10.4. The number of aryl methyl sites for hydroxylation is 1. The number of rotatable bonds is 12. The van der Waals surface area contributed by atoms with Crippen molar-refractivity contribution in [3.8, 4) is 0 Å². The van der Waals surface area contributed by atoms with Gasteiger partial charge in [-0.15, -0.1) is 0 Å². The summed E-state index contributed by atoms with van der Waals surface area (Å²) in [5.74, 6) is 1.17. The minimum Gasteiger partial charge on any atom is -0.351 e. The summed E-state index contributed by atoms with van der Waals surface area (Å²) in [6, 6.07) is 14.8. The predicted molar refractivity (Wildman–Crippen MR) is 139 cm³/mol. The number of aromatic nitrogens is 1. The Labute approximate surface area is 206 Å². The van der Waals surface area contributed by atoms with E-state index in [0.29, 0.717) is 6.54 Å². The first-order chi connectivity index (χ1) is 16.8. The molecule has 1 N–H and O–H groups in total. The number of hydrogen-bond acceptors (Lipinski definition) is 3. The Morgan fingerprint density at radius 3 is 2.47 bits per heavy atom. The highest BCUT2D eigenvalue weighted by molar-refractivity contribution is 5.82. The molecule has 1 aliphatic heterocycles. The second kappa shape index (κ2) is 13.6. The lowest BCUT2D eigenvalue weighted by atomic mass is 9.85. The van der Waals surface area contributed by atoms with Crippen LogP contribution in [0.5, 0.6) is 0 Å². The van der Waals surface area contributed by atoms with Gasteiger partial charge in [-0.1, -0.05) is 88.1 Å². The van der Waals surface area contributed by atoms with Crippen LogP contribution in [0, 0.1) is 5.92 Å². The molecule has 4 nitrogen and oxygen atoms in total. The van der Waals surface area contributed by atoms with Gasteiger partial charge in [0.2, 0.25) is 5.91 Å². The van der Waals surface area contributed by atoms with Gasteiger partial charge in [0.1, 0.15) is 0 Å². The van der Waals surface area contributed by atoms with Crippen LogP contribution in [-0.4, -0.2) is 28.4 Å². The van der Waals surface area contributed by atoms with Crippen molar-refractivity contribution in [3.63, 3.8) is 0 Å². The largest absolute Gasteiger partial charge is 0.351 e. The van der Waals surface area contributed by atoms with Crippen LogP contribution in [0.3, 0.4) is 0 Å². The van der Waals surface area contributed by atoms with Gasteiger partial charge in [-0.25, -0.2) is 0 Å². The van der Waals surface area contributed by atoms with Gasteiger partial charge >= 0.3 is 0 Å². The number of carbonyl (C=O) groups excluding carboxylic acids is 1. The smallest absolute Gasteiger partial charge is 0.237 e. The van der Waals surface area contributed by atoms with E-state index in [1.807, 2.05) is 24.4 Å². The number of amides is 1. The van der Waals surface area contributed by atoms with Crippen LogP contribution in [0.25, 0.3) is 0 Å². The molecular formula is C30H43N3O. The molecule has 1 atom stereocenters. The molecule has 1 aromatic carbocycles. The van der Waals surface area contributed by atoms with Crippen molar-refractivity contribution >= 4 is 5.91 Å². The van der Waals surface area contributed by atoms with Gasteiger partial charge in [-0.2, -0.15) is 0 Å². The monoisotopic (exact) mass is 461 g/mol. The molecule has 4 rings (SSSR count). The first kappa shape index (κ1) is 24.9. The quantitative estimate of drug-likeness (QED) is 0.370. The summed E-state index contributed by atoms with van der Waals surface area (Å²) in [5, 5.41) is 3.17.